The van der Waals surface area contributed by atoms with Crippen LogP contribution in [0.2, 0.25) is 0 Å². The summed E-state index contributed by atoms with van der Waals surface area (Å²) in [7, 11) is 0. The quantitative estimate of drug-likeness (QED) is 0.604. The predicted molar refractivity (Wildman–Crippen MR) is 95.4 cm³/mol. The van der Waals surface area contributed by atoms with E-state index in [0.29, 0.717) is 29.7 Å². The fourth-order valence-electron chi connectivity index (χ4n) is 2.73. The minimum Gasteiger partial charge on any atom is -0.462 e. The molecule has 0 radical (unpaired) electrons. The minimum atomic E-state index is -0.264. The Labute approximate surface area is 145 Å². The molecule has 23 heavy (non-hydrogen) atoms. The number of anilines is 1. The van der Waals surface area contributed by atoms with Crippen LogP contribution in [0.4, 0.5) is 5.00 Å². The zero-order valence-corrected chi connectivity index (χ0v) is 14.9. The number of ether oxygens (including phenoxy) is 2. The average molecular weight is 354 g/mol. The molecule has 0 spiro atoms. The van der Waals surface area contributed by atoms with E-state index in [1.807, 2.05) is 6.92 Å². The van der Waals surface area contributed by atoms with Crippen LogP contribution in [0.15, 0.2) is 5.38 Å². The van der Waals surface area contributed by atoms with Crippen molar-refractivity contribution in [1.82, 2.24) is 5.32 Å². The Morgan fingerprint density at radius 1 is 1.48 bits per heavy atom. The van der Waals surface area contributed by atoms with Crippen LogP contribution in [0, 0.1) is 0 Å². The van der Waals surface area contributed by atoms with Gasteiger partial charge < -0.3 is 20.1 Å². The van der Waals surface area contributed by atoms with Crippen molar-refractivity contribution < 1.29 is 14.3 Å². The van der Waals surface area contributed by atoms with Gasteiger partial charge >= 0.3 is 5.97 Å². The molecular weight excluding hydrogens is 332 g/mol. The normalized spacial score (nSPS) is 20.3. The molecule has 2 fully saturated rings. The van der Waals surface area contributed by atoms with Crippen molar-refractivity contribution >= 4 is 39.6 Å². The van der Waals surface area contributed by atoms with Gasteiger partial charge in [0.05, 0.1) is 18.3 Å². The van der Waals surface area contributed by atoms with Crippen LogP contribution in [0.1, 0.15) is 54.4 Å². The zero-order valence-electron chi connectivity index (χ0n) is 13.2. The molecule has 1 aromatic heterocycles. The van der Waals surface area contributed by atoms with Gasteiger partial charge in [-0.05, 0) is 61.7 Å². The lowest BCUT2D eigenvalue weighted by Gasteiger charge is -2.14. The number of esters is 1. The highest BCUT2D eigenvalue weighted by Gasteiger charge is 2.32. The number of carbonyl (C=O) groups excluding carboxylic acids is 1. The first-order valence-corrected chi connectivity index (χ1v) is 9.42. The van der Waals surface area contributed by atoms with Crippen molar-refractivity contribution in [3.8, 4) is 0 Å². The monoisotopic (exact) mass is 354 g/mol. The maximum absolute atomic E-state index is 12.3. The van der Waals surface area contributed by atoms with E-state index in [9.17, 15) is 4.79 Å². The highest BCUT2D eigenvalue weighted by Crippen LogP contribution is 2.46. The SMILES string of the molecule is CCOC(=O)c1c(C2CC2)csc1NC(=S)NC[C@H]1CCCO1. The van der Waals surface area contributed by atoms with Gasteiger partial charge in [0.15, 0.2) is 5.11 Å². The molecule has 0 aromatic carbocycles. The second-order valence-corrected chi connectivity index (χ2v) is 7.15. The topological polar surface area (TPSA) is 59.6 Å². The summed E-state index contributed by atoms with van der Waals surface area (Å²) in [5.74, 6) is 0.231. The smallest absolute Gasteiger partial charge is 0.341 e. The molecule has 1 saturated heterocycles. The van der Waals surface area contributed by atoms with Gasteiger partial charge in [-0.25, -0.2) is 4.79 Å². The maximum atomic E-state index is 12.3. The van der Waals surface area contributed by atoms with Crippen LogP contribution in [-0.2, 0) is 9.47 Å². The van der Waals surface area contributed by atoms with E-state index in [0.717, 1.165) is 42.9 Å². The molecule has 0 unspecified atom stereocenters. The standard InChI is InChI=1S/C16H22N2O3S2/c1-2-20-15(19)13-12(10-5-6-10)9-23-14(13)18-16(22)17-8-11-4-3-7-21-11/h9-11H,2-8H2,1H3,(H2,17,18,22)/t11-/m1/s1. The molecule has 7 heteroatoms. The number of hydrogen-bond acceptors (Lipinski definition) is 5. The van der Waals surface area contributed by atoms with Gasteiger partial charge in [-0.3, -0.25) is 0 Å². The van der Waals surface area contributed by atoms with Crippen molar-refractivity contribution in [1.29, 1.82) is 0 Å². The third-order valence-corrected chi connectivity index (χ3v) is 5.22. The number of rotatable bonds is 6. The fraction of sp³-hybridized carbons (Fsp3) is 0.625. The highest BCUT2D eigenvalue weighted by atomic mass is 32.1. The summed E-state index contributed by atoms with van der Waals surface area (Å²) in [6.07, 6.45) is 4.68. The van der Waals surface area contributed by atoms with Crippen LogP contribution in [-0.4, -0.2) is 36.9 Å². The van der Waals surface area contributed by atoms with Gasteiger partial charge in [0, 0.05) is 13.2 Å². The Morgan fingerprint density at radius 3 is 2.96 bits per heavy atom. The summed E-state index contributed by atoms with van der Waals surface area (Å²) in [5.41, 5.74) is 1.75. The molecule has 2 N–H and O–H groups in total. The largest absolute Gasteiger partial charge is 0.462 e. The lowest BCUT2D eigenvalue weighted by Crippen LogP contribution is -2.35. The van der Waals surface area contributed by atoms with Gasteiger partial charge in [0.25, 0.3) is 0 Å². The Hall–Kier alpha value is -1.18. The Bertz CT molecular complexity index is 578. The molecule has 1 atom stereocenters. The third-order valence-electron chi connectivity index (χ3n) is 4.06. The Balaban J connectivity index is 1.64. The summed E-state index contributed by atoms with van der Waals surface area (Å²) >= 11 is 6.86. The van der Waals surface area contributed by atoms with Crippen molar-refractivity contribution in [2.45, 2.75) is 44.6 Å². The number of carbonyl (C=O) groups is 1. The number of thiophene rings is 1. The molecule has 5 nitrogen and oxygen atoms in total. The molecule has 2 heterocycles. The summed E-state index contributed by atoms with van der Waals surface area (Å²) in [4.78, 5) is 12.3. The summed E-state index contributed by atoms with van der Waals surface area (Å²) in [6, 6.07) is 0. The van der Waals surface area contributed by atoms with E-state index in [1.54, 1.807) is 0 Å². The van der Waals surface area contributed by atoms with Crippen LogP contribution in [0.5, 0.6) is 0 Å². The first-order valence-electron chi connectivity index (χ1n) is 8.14. The summed E-state index contributed by atoms with van der Waals surface area (Å²) < 4.78 is 10.8. The van der Waals surface area contributed by atoms with Gasteiger partial charge in [0.1, 0.15) is 5.00 Å². The van der Waals surface area contributed by atoms with Crippen LogP contribution < -0.4 is 10.6 Å². The zero-order chi connectivity index (χ0) is 16.2. The summed E-state index contributed by atoms with van der Waals surface area (Å²) in [6.45, 7) is 3.72. The van der Waals surface area contributed by atoms with Crippen molar-refractivity contribution in [3.63, 3.8) is 0 Å². The lowest BCUT2D eigenvalue weighted by atomic mass is 10.1. The van der Waals surface area contributed by atoms with Gasteiger partial charge in [-0.1, -0.05) is 0 Å². The van der Waals surface area contributed by atoms with Crippen LogP contribution >= 0.6 is 23.6 Å². The molecule has 126 valence electrons. The molecule has 1 aliphatic heterocycles. The fourth-order valence-corrected chi connectivity index (χ4v) is 4.02. The summed E-state index contributed by atoms with van der Waals surface area (Å²) in [5, 5.41) is 9.68. The predicted octanol–water partition coefficient (Wildman–Crippen LogP) is 3.27. The molecular formula is C16H22N2O3S2. The van der Waals surface area contributed by atoms with E-state index >= 15 is 0 Å². The van der Waals surface area contributed by atoms with Gasteiger partial charge in [-0.2, -0.15) is 0 Å². The Kier molecular flexibility index (Phi) is 5.50. The van der Waals surface area contributed by atoms with E-state index in [2.05, 4.69) is 16.0 Å². The second-order valence-electron chi connectivity index (χ2n) is 5.86. The molecule has 3 rings (SSSR count). The third kappa shape index (κ3) is 4.22. The number of thiocarbonyl (C=S) groups is 1. The molecule has 0 amide bonds. The lowest BCUT2D eigenvalue weighted by molar-refractivity contribution is 0.0527. The number of hydrogen-bond donors (Lipinski definition) is 2. The first-order chi connectivity index (χ1) is 11.2. The van der Waals surface area contributed by atoms with Gasteiger partial charge in [0.2, 0.25) is 0 Å². The molecule has 1 aromatic rings. The first kappa shape index (κ1) is 16.7. The van der Waals surface area contributed by atoms with Crippen molar-refractivity contribution in [3.05, 3.63) is 16.5 Å². The molecule has 0 bridgehead atoms. The van der Waals surface area contributed by atoms with E-state index in [4.69, 9.17) is 21.7 Å². The van der Waals surface area contributed by atoms with Crippen molar-refractivity contribution in [2.24, 2.45) is 0 Å². The second kappa shape index (κ2) is 7.59. The van der Waals surface area contributed by atoms with Crippen molar-refractivity contribution in [2.75, 3.05) is 25.1 Å². The van der Waals surface area contributed by atoms with Crippen LogP contribution in [0.25, 0.3) is 0 Å². The number of nitrogens with one attached hydrogen (secondary N) is 2. The van der Waals surface area contributed by atoms with Crippen LogP contribution in [0.3, 0.4) is 0 Å². The minimum absolute atomic E-state index is 0.227. The maximum Gasteiger partial charge on any atom is 0.341 e. The molecule has 1 saturated carbocycles. The van der Waals surface area contributed by atoms with Gasteiger partial charge in [-0.15, -0.1) is 11.3 Å². The van der Waals surface area contributed by atoms with E-state index < -0.39 is 0 Å². The van der Waals surface area contributed by atoms with E-state index in [-0.39, 0.29) is 12.1 Å². The molecule has 2 aliphatic rings. The Morgan fingerprint density at radius 2 is 2.30 bits per heavy atom. The van der Waals surface area contributed by atoms with E-state index in [1.165, 1.54) is 11.3 Å². The molecule has 1 aliphatic carbocycles. The average Bonchev–Trinajstić information content (AvgIpc) is 3.08. The highest BCUT2D eigenvalue weighted by molar-refractivity contribution is 7.80.